The molecule has 1 rings (SSSR count). The molecule has 5 nitrogen and oxygen atoms in total. The highest BCUT2D eigenvalue weighted by atomic mass is 19.1. The number of hydrogen-bond donors (Lipinski definition) is 1. The van der Waals surface area contributed by atoms with E-state index in [1.54, 1.807) is 27.8 Å². The lowest BCUT2D eigenvalue weighted by molar-refractivity contribution is 0.0587. The topological polar surface area (TPSA) is 54.5 Å². The Labute approximate surface area is 106 Å². The van der Waals surface area contributed by atoms with Gasteiger partial charge in [-0.15, -0.1) is 0 Å². The van der Waals surface area contributed by atoms with Crippen LogP contribution in [0.3, 0.4) is 0 Å². The van der Waals surface area contributed by atoms with E-state index in [0.717, 1.165) is 4.90 Å². The molecule has 0 bridgehead atoms. The lowest BCUT2D eigenvalue weighted by atomic mass is 10.2. The van der Waals surface area contributed by atoms with Crippen LogP contribution in [0.1, 0.15) is 20.8 Å². The van der Waals surface area contributed by atoms with Gasteiger partial charge in [-0.3, -0.25) is 4.90 Å². The van der Waals surface area contributed by atoms with Gasteiger partial charge in [0, 0.05) is 14.1 Å². The van der Waals surface area contributed by atoms with Crippen LogP contribution >= 0.6 is 0 Å². The Bertz CT molecular complexity index is 443. The van der Waals surface area contributed by atoms with E-state index in [9.17, 15) is 9.18 Å². The van der Waals surface area contributed by atoms with Crippen LogP contribution in [0.4, 0.5) is 20.8 Å². The van der Waals surface area contributed by atoms with Crippen molar-refractivity contribution in [1.82, 2.24) is 4.98 Å². The van der Waals surface area contributed by atoms with E-state index >= 15 is 0 Å². The molecule has 18 heavy (non-hydrogen) atoms. The number of anilines is 2. The average Bonchev–Trinajstić information content (AvgIpc) is 2.26. The summed E-state index contributed by atoms with van der Waals surface area (Å²) in [7, 11) is 3.08. The molecule has 0 aliphatic rings. The van der Waals surface area contributed by atoms with Crippen LogP contribution in [0.5, 0.6) is 0 Å². The first kappa shape index (κ1) is 14.2. The van der Waals surface area contributed by atoms with E-state index in [2.05, 4.69) is 10.3 Å². The molecule has 0 fully saturated rings. The van der Waals surface area contributed by atoms with Gasteiger partial charge in [0.25, 0.3) is 0 Å². The molecule has 0 saturated carbocycles. The Morgan fingerprint density at radius 1 is 1.44 bits per heavy atom. The molecule has 1 heterocycles. The predicted molar refractivity (Wildman–Crippen MR) is 68.4 cm³/mol. The molecule has 1 aromatic heterocycles. The first-order valence-electron chi connectivity index (χ1n) is 5.55. The van der Waals surface area contributed by atoms with Crippen molar-refractivity contribution in [3.63, 3.8) is 0 Å². The largest absolute Gasteiger partial charge is 0.443 e. The zero-order chi connectivity index (χ0) is 13.9. The number of carbonyl (C=O) groups is 1. The van der Waals surface area contributed by atoms with Crippen molar-refractivity contribution in [3.8, 4) is 0 Å². The molecule has 0 unspecified atom stereocenters. The van der Waals surface area contributed by atoms with Crippen LogP contribution in [-0.4, -0.2) is 30.8 Å². The minimum Gasteiger partial charge on any atom is -0.443 e. The summed E-state index contributed by atoms with van der Waals surface area (Å²) in [6.45, 7) is 5.23. The molecule has 1 N–H and O–H groups in total. The molecule has 0 radical (unpaired) electrons. The molecule has 1 aromatic rings. The summed E-state index contributed by atoms with van der Waals surface area (Å²) >= 11 is 0. The molecule has 0 aliphatic heterocycles. The lowest BCUT2D eigenvalue weighted by Gasteiger charge is -2.24. The summed E-state index contributed by atoms with van der Waals surface area (Å²) in [5, 5.41) is 2.78. The van der Waals surface area contributed by atoms with E-state index in [0.29, 0.717) is 5.82 Å². The minimum atomic E-state index is -0.651. The van der Waals surface area contributed by atoms with Crippen molar-refractivity contribution in [2.24, 2.45) is 0 Å². The van der Waals surface area contributed by atoms with Gasteiger partial charge in [0.05, 0.1) is 0 Å². The van der Waals surface area contributed by atoms with Crippen molar-refractivity contribution in [2.45, 2.75) is 26.4 Å². The van der Waals surface area contributed by atoms with Crippen LogP contribution in [0.15, 0.2) is 12.1 Å². The van der Waals surface area contributed by atoms with Crippen LogP contribution in [-0.2, 0) is 4.74 Å². The number of nitrogens with one attached hydrogen (secondary N) is 1. The third-order valence-corrected chi connectivity index (χ3v) is 2.07. The lowest BCUT2D eigenvalue weighted by Crippen LogP contribution is -2.35. The number of halogens is 1. The van der Waals surface area contributed by atoms with Crippen LogP contribution in [0, 0.1) is 5.82 Å². The van der Waals surface area contributed by atoms with Gasteiger partial charge in [0.2, 0.25) is 0 Å². The molecule has 100 valence electrons. The van der Waals surface area contributed by atoms with E-state index in [4.69, 9.17) is 4.74 Å². The second-order valence-electron chi connectivity index (χ2n) is 4.79. The fourth-order valence-corrected chi connectivity index (χ4v) is 1.22. The van der Waals surface area contributed by atoms with Gasteiger partial charge >= 0.3 is 6.09 Å². The Morgan fingerprint density at radius 2 is 2.06 bits per heavy atom. The zero-order valence-electron chi connectivity index (χ0n) is 11.2. The van der Waals surface area contributed by atoms with Crippen LogP contribution in [0.25, 0.3) is 0 Å². The molecule has 0 spiro atoms. The maximum atomic E-state index is 13.6. The fraction of sp³-hybridized carbons (Fsp3) is 0.500. The van der Waals surface area contributed by atoms with Crippen molar-refractivity contribution in [3.05, 3.63) is 17.9 Å². The van der Waals surface area contributed by atoms with Gasteiger partial charge in [-0.2, -0.15) is 0 Å². The fourth-order valence-electron chi connectivity index (χ4n) is 1.22. The van der Waals surface area contributed by atoms with Crippen LogP contribution in [0.2, 0.25) is 0 Å². The number of amides is 1. The highest BCUT2D eigenvalue weighted by molar-refractivity contribution is 5.86. The van der Waals surface area contributed by atoms with Gasteiger partial charge in [0.15, 0.2) is 11.6 Å². The number of rotatable bonds is 2. The molecule has 0 aromatic carbocycles. The third kappa shape index (κ3) is 3.58. The summed E-state index contributed by atoms with van der Waals surface area (Å²) in [6, 6.07) is 2.73. The maximum Gasteiger partial charge on any atom is 0.415 e. The van der Waals surface area contributed by atoms with Gasteiger partial charge in [-0.25, -0.2) is 14.2 Å². The van der Waals surface area contributed by atoms with Crippen molar-refractivity contribution < 1.29 is 13.9 Å². The Balaban J connectivity index is 2.96. The maximum absolute atomic E-state index is 13.6. The molecule has 6 heteroatoms. The number of hydrogen-bond acceptors (Lipinski definition) is 4. The van der Waals surface area contributed by atoms with Crippen molar-refractivity contribution >= 4 is 17.7 Å². The molecular weight excluding hydrogens is 237 g/mol. The van der Waals surface area contributed by atoms with E-state index in [-0.39, 0.29) is 5.82 Å². The van der Waals surface area contributed by atoms with Crippen LogP contribution < -0.4 is 10.2 Å². The number of nitrogens with zero attached hydrogens (tertiary/aromatic N) is 2. The summed E-state index contributed by atoms with van der Waals surface area (Å²) in [4.78, 5) is 16.8. The van der Waals surface area contributed by atoms with Crippen molar-refractivity contribution in [2.75, 3.05) is 24.3 Å². The highest BCUT2D eigenvalue weighted by Gasteiger charge is 2.23. The Kier molecular flexibility index (Phi) is 4.11. The summed E-state index contributed by atoms with van der Waals surface area (Å²) in [5.74, 6) is -0.180. The van der Waals surface area contributed by atoms with Gasteiger partial charge in [-0.1, -0.05) is 0 Å². The summed E-state index contributed by atoms with van der Waals surface area (Å²) in [6.07, 6.45) is -0.651. The molecule has 1 amide bonds. The number of pyridine rings is 1. The third-order valence-electron chi connectivity index (χ3n) is 2.07. The quantitative estimate of drug-likeness (QED) is 0.882. The number of aromatic nitrogens is 1. The average molecular weight is 255 g/mol. The zero-order valence-corrected chi connectivity index (χ0v) is 11.2. The van der Waals surface area contributed by atoms with Gasteiger partial charge in [-0.05, 0) is 32.9 Å². The second-order valence-corrected chi connectivity index (χ2v) is 4.79. The number of ether oxygens (including phenoxy) is 1. The smallest absolute Gasteiger partial charge is 0.415 e. The first-order valence-corrected chi connectivity index (χ1v) is 5.55. The summed E-state index contributed by atoms with van der Waals surface area (Å²) in [5.41, 5.74) is -0.636. The first-order chi connectivity index (χ1) is 8.24. The van der Waals surface area contributed by atoms with E-state index in [1.807, 2.05) is 0 Å². The standard InChI is InChI=1S/C12H18FN3O2/c1-12(2,3)18-11(17)16(5)10-8(13)6-7-9(14-4)15-10/h6-7H,1-5H3,(H,14,15). The minimum absolute atomic E-state index is 0.0731. The number of carbonyl (C=O) groups excluding carboxylic acids is 1. The van der Waals surface area contributed by atoms with E-state index in [1.165, 1.54) is 19.2 Å². The van der Waals surface area contributed by atoms with E-state index < -0.39 is 17.5 Å². The highest BCUT2D eigenvalue weighted by Crippen LogP contribution is 2.20. The monoisotopic (exact) mass is 255 g/mol. The summed E-state index contributed by atoms with van der Waals surface area (Å²) < 4.78 is 18.8. The Hall–Kier alpha value is -1.85. The SMILES string of the molecule is CNc1ccc(F)c(N(C)C(=O)OC(C)(C)C)n1. The second kappa shape index (κ2) is 5.20. The molecule has 0 atom stereocenters. The Morgan fingerprint density at radius 3 is 2.56 bits per heavy atom. The molecule has 0 aliphatic carbocycles. The van der Waals surface area contributed by atoms with Gasteiger partial charge < -0.3 is 10.1 Å². The predicted octanol–water partition coefficient (Wildman–Crippen LogP) is 2.63. The molecular formula is C12H18FN3O2. The molecule has 0 saturated heterocycles. The normalized spacial score (nSPS) is 11.0. The van der Waals surface area contributed by atoms with Crippen molar-refractivity contribution in [1.29, 1.82) is 0 Å². The van der Waals surface area contributed by atoms with Gasteiger partial charge in [0.1, 0.15) is 11.4 Å².